The van der Waals surface area contributed by atoms with Crippen molar-refractivity contribution in [2.45, 2.75) is 66.0 Å². The molecule has 0 unspecified atom stereocenters. The van der Waals surface area contributed by atoms with Crippen LogP contribution < -0.4 is 5.32 Å². The number of hydrogen-bond donors (Lipinski definition) is 1. The molecule has 0 bridgehead atoms. The predicted molar refractivity (Wildman–Crippen MR) is 83.0 cm³/mol. The van der Waals surface area contributed by atoms with Crippen LogP contribution in [0.4, 0.5) is 4.79 Å². The van der Waals surface area contributed by atoms with Gasteiger partial charge in [0.1, 0.15) is 6.04 Å². The van der Waals surface area contributed by atoms with Crippen LogP contribution in [0.15, 0.2) is 0 Å². The van der Waals surface area contributed by atoms with E-state index in [1.165, 1.54) is 7.11 Å². The number of likely N-dealkylation sites (tertiary alicyclic amines) is 1. The third-order valence-electron chi connectivity index (χ3n) is 4.91. The fourth-order valence-electron chi connectivity index (χ4n) is 2.96. The molecule has 0 radical (unpaired) electrons. The SMILES string of the molecule is COC(=O)N[C@@H](C(=O)N1CCC[C@@]1(C)C(C)(C)C)C(C)C. The molecule has 0 saturated carbocycles. The van der Waals surface area contributed by atoms with Crippen LogP contribution in [0.2, 0.25) is 0 Å². The number of carbonyl (C=O) groups excluding carboxylic acids is 2. The highest BCUT2D eigenvalue weighted by molar-refractivity contribution is 5.86. The molecule has 1 aliphatic rings. The smallest absolute Gasteiger partial charge is 0.407 e. The van der Waals surface area contributed by atoms with Crippen molar-refractivity contribution >= 4 is 12.0 Å². The van der Waals surface area contributed by atoms with Gasteiger partial charge >= 0.3 is 6.09 Å². The molecule has 122 valence electrons. The van der Waals surface area contributed by atoms with Crippen LogP contribution in [-0.4, -0.2) is 42.1 Å². The summed E-state index contributed by atoms with van der Waals surface area (Å²) in [6.45, 7) is 13.3. The second kappa shape index (κ2) is 6.24. The molecule has 0 aliphatic carbocycles. The fraction of sp³-hybridized carbons (Fsp3) is 0.875. The molecule has 1 saturated heterocycles. The summed E-state index contributed by atoms with van der Waals surface area (Å²) in [6.07, 6.45) is 1.44. The number of amides is 2. The van der Waals surface area contributed by atoms with Gasteiger partial charge in [0.2, 0.25) is 5.91 Å². The quantitative estimate of drug-likeness (QED) is 0.871. The Bertz CT molecular complexity index is 401. The van der Waals surface area contributed by atoms with Crippen LogP contribution in [0.1, 0.15) is 54.4 Å². The zero-order valence-corrected chi connectivity index (χ0v) is 14.4. The lowest BCUT2D eigenvalue weighted by Crippen LogP contribution is -2.59. The monoisotopic (exact) mass is 298 g/mol. The van der Waals surface area contributed by atoms with E-state index < -0.39 is 12.1 Å². The minimum atomic E-state index is -0.557. The van der Waals surface area contributed by atoms with Crippen molar-refractivity contribution in [2.24, 2.45) is 11.3 Å². The first kappa shape index (κ1) is 17.8. The molecule has 1 fully saturated rings. The van der Waals surface area contributed by atoms with Gasteiger partial charge in [-0.05, 0) is 31.1 Å². The average Bonchev–Trinajstić information content (AvgIpc) is 2.77. The Morgan fingerprint density at radius 2 is 1.86 bits per heavy atom. The number of nitrogens with zero attached hydrogens (tertiary/aromatic N) is 1. The molecule has 2 atom stereocenters. The van der Waals surface area contributed by atoms with Gasteiger partial charge in [-0.2, -0.15) is 0 Å². The van der Waals surface area contributed by atoms with Crippen molar-refractivity contribution in [2.75, 3.05) is 13.7 Å². The van der Waals surface area contributed by atoms with Gasteiger partial charge in [0.25, 0.3) is 0 Å². The molecule has 0 aromatic carbocycles. The first-order valence-corrected chi connectivity index (χ1v) is 7.70. The van der Waals surface area contributed by atoms with Crippen LogP contribution >= 0.6 is 0 Å². The summed E-state index contributed by atoms with van der Waals surface area (Å²) in [7, 11) is 1.31. The van der Waals surface area contributed by atoms with Crippen LogP contribution in [0.5, 0.6) is 0 Å². The normalized spacial score (nSPS) is 24.1. The summed E-state index contributed by atoms with van der Waals surface area (Å²) in [5.41, 5.74) is -0.193. The van der Waals surface area contributed by atoms with Crippen molar-refractivity contribution in [1.29, 1.82) is 0 Å². The van der Waals surface area contributed by atoms with E-state index in [9.17, 15) is 9.59 Å². The minimum absolute atomic E-state index is 0.00798. The summed E-state index contributed by atoms with van der Waals surface area (Å²) in [5, 5.41) is 2.68. The Balaban J connectivity index is 3.00. The Kier molecular flexibility index (Phi) is 5.29. The van der Waals surface area contributed by atoms with E-state index in [1.54, 1.807) is 0 Å². The van der Waals surface area contributed by atoms with E-state index in [0.717, 1.165) is 19.4 Å². The summed E-state index contributed by atoms with van der Waals surface area (Å²) >= 11 is 0. The highest BCUT2D eigenvalue weighted by Gasteiger charge is 2.49. The fourth-order valence-corrected chi connectivity index (χ4v) is 2.96. The summed E-state index contributed by atoms with van der Waals surface area (Å²) in [4.78, 5) is 26.4. The van der Waals surface area contributed by atoms with Gasteiger partial charge in [-0.25, -0.2) is 4.79 Å². The maximum absolute atomic E-state index is 13.0. The highest BCUT2D eigenvalue weighted by atomic mass is 16.5. The molecule has 0 spiro atoms. The van der Waals surface area contributed by atoms with Crippen molar-refractivity contribution in [3.05, 3.63) is 0 Å². The summed E-state index contributed by atoms with van der Waals surface area (Å²) in [6, 6.07) is -0.544. The molecule has 1 rings (SSSR count). The number of nitrogens with one attached hydrogen (secondary N) is 1. The lowest BCUT2D eigenvalue weighted by atomic mass is 9.73. The molecular weight excluding hydrogens is 268 g/mol. The van der Waals surface area contributed by atoms with E-state index in [4.69, 9.17) is 0 Å². The molecule has 1 N–H and O–H groups in total. The van der Waals surface area contributed by atoms with Crippen LogP contribution in [0, 0.1) is 11.3 Å². The van der Waals surface area contributed by atoms with Gasteiger partial charge in [0.05, 0.1) is 7.11 Å². The van der Waals surface area contributed by atoms with E-state index in [2.05, 4.69) is 37.7 Å². The molecule has 1 aliphatic heterocycles. The van der Waals surface area contributed by atoms with Crippen molar-refractivity contribution < 1.29 is 14.3 Å². The van der Waals surface area contributed by atoms with E-state index in [0.29, 0.717) is 0 Å². The largest absolute Gasteiger partial charge is 0.453 e. The number of methoxy groups -OCH3 is 1. The topological polar surface area (TPSA) is 58.6 Å². The average molecular weight is 298 g/mol. The van der Waals surface area contributed by atoms with Gasteiger partial charge < -0.3 is 15.0 Å². The van der Waals surface area contributed by atoms with Crippen LogP contribution in [-0.2, 0) is 9.53 Å². The van der Waals surface area contributed by atoms with Crippen molar-refractivity contribution in [1.82, 2.24) is 10.2 Å². The number of carbonyl (C=O) groups is 2. The second-order valence-corrected chi connectivity index (χ2v) is 7.47. The van der Waals surface area contributed by atoms with Gasteiger partial charge in [-0.15, -0.1) is 0 Å². The second-order valence-electron chi connectivity index (χ2n) is 7.47. The lowest BCUT2D eigenvalue weighted by molar-refractivity contribution is -0.142. The van der Waals surface area contributed by atoms with Gasteiger partial charge in [-0.3, -0.25) is 4.79 Å². The predicted octanol–water partition coefficient (Wildman–Crippen LogP) is 2.79. The van der Waals surface area contributed by atoms with E-state index >= 15 is 0 Å². The highest BCUT2D eigenvalue weighted by Crippen LogP contribution is 2.43. The van der Waals surface area contributed by atoms with Crippen LogP contribution in [0.3, 0.4) is 0 Å². The molecule has 5 nitrogen and oxygen atoms in total. The first-order chi connectivity index (χ1) is 9.54. The number of ether oxygens (including phenoxy) is 1. The van der Waals surface area contributed by atoms with E-state index in [-0.39, 0.29) is 22.8 Å². The standard InChI is InChI=1S/C16H30N2O3/c1-11(2)12(17-14(20)21-7)13(19)18-10-8-9-16(18,6)15(3,4)5/h11-12H,8-10H2,1-7H3,(H,17,20)/t12-,16+/m1/s1. The Labute approximate surface area is 128 Å². The molecule has 0 aromatic rings. The van der Waals surface area contributed by atoms with E-state index in [1.807, 2.05) is 18.7 Å². The number of hydrogen-bond acceptors (Lipinski definition) is 3. The van der Waals surface area contributed by atoms with Gasteiger partial charge in [0.15, 0.2) is 0 Å². The number of rotatable bonds is 3. The van der Waals surface area contributed by atoms with Crippen LogP contribution in [0.25, 0.3) is 0 Å². The summed E-state index contributed by atoms with van der Waals surface area (Å²) in [5.74, 6) is 0.00624. The lowest BCUT2D eigenvalue weighted by Gasteiger charge is -2.47. The third-order valence-corrected chi connectivity index (χ3v) is 4.91. The Morgan fingerprint density at radius 3 is 2.29 bits per heavy atom. The molecule has 21 heavy (non-hydrogen) atoms. The zero-order valence-electron chi connectivity index (χ0n) is 14.4. The van der Waals surface area contributed by atoms with Crippen molar-refractivity contribution in [3.8, 4) is 0 Å². The summed E-state index contributed by atoms with van der Waals surface area (Å²) < 4.78 is 4.64. The zero-order chi connectivity index (χ0) is 16.4. The molecule has 5 heteroatoms. The maximum atomic E-state index is 13.0. The van der Waals surface area contributed by atoms with Crippen molar-refractivity contribution in [3.63, 3.8) is 0 Å². The third kappa shape index (κ3) is 3.50. The Morgan fingerprint density at radius 1 is 1.29 bits per heavy atom. The molecule has 1 heterocycles. The number of alkyl carbamates (subject to hydrolysis) is 1. The van der Waals surface area contributed by atoms with Gasteiger partial charge in [0, 0.05) is 12.1 Å². The minimum Gasteiger partial charge on any atom is -0.453 e. The molecule has 2 amide bonds. The van der Waals surface area contributed by atoms with Gasteiger partial charge in [-0.1, -0.05) is 34.6 Å². The molecular formula is C16H30N2O3. The molecule has 0 aromatic heterocycles. The first-order valence-electron chi connectivity index (χ1n) is 7.70. The maximum Gasteiger partial charge on any atom is 0.407 e. The Hall–Kier alpha value is -1.26.